The molecule has 0 saturated carbocycles. The molecular formula is C31H32N4O4. The molecule has 5 rings (SSSR count). The minimum atomic E-state index is -0.597. The first-order chi connectivity index (χ1) is 19.1. The van der Waals surface area contributed by atoms with Crippen LogP contribution in [0.3, 0.4) is 0 Å². The number of aromatic nitrogens is 1. The van der Waals surface area contributed by atoms with Crippen molar-refractivity contribution in [1.82, 2.24) is 15.4 Å². The molecule has 1 aromatic heterocycles. The average Bonchev–Trinajstić information content (AvgIpc) is 3.00. The van der Waals surface area contributed by atoms with Gasteiger partial charge in [-0.15, -0.1) is 0 Å². The molecule has 0 atom stereocenters. The molecule has 1 saturated heterocycles. The van der Waals surface area contributed by atoms with Gasteiger partial charge in [-0.3, -0.25) is 14.9 Å². The maximum atomic E-state index is 12.2. The van der Waals surface area contributed by atoms with E-state index >= 15 is 0 Å². The molecule has 1 amide bonds. The number of methoxy groups -OCH3 is 1. The minimum Gasteiger partial charge on any atom is -0.497 e. The monoisotopic (exact) mass is 524 g/mol. The zero-order valence-electron chi connectivity index (χ0n) is 21.9. The summed E-state index contributed by atoms with van der Waals surface area (Å²) < 4.78 is 10.7. The van der Waals surface area contributed by atoms with Crippen LogP contribution in [0.4, 0.5) is 5.82 Å². The topological polar surface area (TPSA) is 96.0 Å². The molecule has 1 aliphatic rings. The number of carbonyl (C=O) groups excluding carboxylic acids is 1. The standard InChI is InChI=1S/C31H32N4O4/c1-38-28-12-4-22(5-13-28)20-32-30-19-27(31(36)34-37)18-29(33-30)26-10-8-25(9-11-26)24-6-2-23(3-7-24)21-35-14-16-39-17-15-35/h2-13,18-19,37H,14-17,20-21H2,1H3,(H,32,33)(H,34,36). The molecule has 1 fully saturated rings. The molecule has 3 N–H and O–H groups in total. The minimum absolute atomic E-state index is 0.305. The lowest BCUT2D eigenvalue weighted by atomic mass is 10.0. The average molecular weight is 525 g/mol. The van der Waals surface area contributed by atoms with E-state index < -0.39 is 5.91 Å². The molecular weight excluding hydrogens is 492 g/mol. The van der Waals surface area contributed by atoms with E-state index in [1.165, 1.54) is 5.56 Å². The van der Waals surface area contributed by atoms with E-state index in [1.54, 1.807) is 24.7 Å². The van der Waals surface area contributed by atoms with Crippen molar-refractivity contribution in [3.8, 4) is 28.1 Å². The van der Waals surface area contributed by atoms with Crippen LogP contribution in [-0.4, -0.2) is 54.4 Å². The van der Waals surface area contributed by atoms with E-state index in [0.717, 1.165) is 60.9 Å². The summed E-state index contributed by atoms with van der Waals surface area (Å²) in [4.78, 5) is 19.4. The van der Waals surface area contributed by atoms with Gasteiger partial charge in [0.25, 0.3) is 5.91 Å². The Morgan fingerprint density at radius 3 is 2.15 bits per heavy atom. The number of benzene rings is 3. The third-order valence-electron chi connectivity index (χ3n) is 6.80. The quantitative estimate of drug-likeness (QED) is 0.210. The van der Waals surface area contributed by atoms with Crippen molar-refractivity contribution in [2.45, 2.75) is 13.1 Å². The van der Waals surface area contributed by atoms with Gasteiger partial charge in [0.1, 0.15) is 11.6 Å². The van der Waals surface area contributed by atoms with Crippen molar-refractivity contribution in [3.05, 3.63) is 102 Å². The fourth-order valence-corrected chi connectivity index (χ4v) is 4.55. The Balaban J connectivity index is 1.31. The molecule has 0 radical (unpaired) electrons. The number of anilines is 1. The predicted octanol–water partition coefficient (Wildman–Crippen LogP) is 4.99. The van der Waals surface area contributed by atoms with Crippen LogP contribution in [0.15, 0.2) is 84.9 Å². The number of ether oxygens (including phenoxy) is 2. The fourth-order valence-electron chi connectivity index (χ4n) is 4.55. The second-order valence-corrected chi connectivity index (χ2v) is 9.43. The summed E-state index contributed by atoms with van der Waals surface area (Å²) in [6, 6.07) is 27.7. The van der Waals surface area contributed by atoms with E-state index in [9.17, 15) is 10.0 Å². The summed E-state index contributed by atoms with van der Waals surface area (Å²) >= 11 is 0. The molecule has 0 aliphatic carbocycles. The summed E-state index contributed by atoms with van der Waals surface area (Å²) in [5, 5.41) is 12.5. The molecule has 8 heteroatoms. The largest absolute Gasteiger partial charge is 0.497 e. The Bertz CT molecular complexity index is 1380. The van der Waals surface area contributed by atoms with E-state index in [0.29, 0.717) is 23.6 Å². The number of pyridine rings is 1. The van der Waals surface area contributed by atoms with Gasteiger partial charge in [-0.1, -0.05) is 60.7 Å². The summed E-state index contributed by atoms with van der Waals surface area (Å²) in [5.74, 6) is 0.718. The molecule has 39 heavy (non-hydrogen) atoms. The third-order valence-corrected chi connectivity index (χ3v) is 6.80. The van der Waals surface area contributed by atoms with Gasteiger partial charge in [-0.2, -0.15) is 0 Å². The van der Waals surface area contributed by atoms with Gasteiger partial charge in [0, 0.05) is 37.3 Å². The molecule has 4 aromatic rings. The molecule has 3 aromatic carbocycles. The van der Waals surface area contributed by atoms with Crippen LogP contribution in [0.5, 0.6) is 5.75 Å². The normalized spacial score (nSPS) is 13.6. The number of carbonyl (C=O) groups is 1. The highest BCUT2D eigenvalue weighted by molar-refractivity contribution is 5.95. The highest BCUT2D eigenvalue weighted by Crippen LogP contribution is 2.27. The number of rotatable bonds is 9. The molecule has 0 bridgehead atoms. The number of nitrogens with zero attached hydrogens (tertiary/aromatic N) is 2. The van der Waals surface area contributed by atoms with Gasteiger partial charge < -0.3 is 14.8 Å². The third kappa shape index (κ3) is 6.80. The Kier molecular flexibility index (Phi) is 8.48. The van der Waals surface area contributed by atoms with Crippen molar-refractivity contribution in [2.24, 2.45) is 0 Å². The number of hydrogen-bond acceptors (Lipinski definition) is 7. The molecule has 0 unspecified atom stereocenters. The van der Waals surface area contributed by atoms with Crippen LogP contribution in [0.25, 0.3) is 22.4 Å². The van der Waals surface area contributed by atoms with Gasteiger partial charge >= 0.3 is 0 Å². The second-order valence-electron chi connectivity index (χ2n) is 9.43. The Labute approximate surface area is 228 Å². The van der Waals surface area contributed by atoms with E-state index in [1.807, 2.05) is 36.4 Å². The fraction of sp³-hybridized carbons (Fsp3) is 0.226. The van der Waals surface area contributed by atoms with Crippen LogP contribution >= 0.6 is 0 Å². The van der Waals surface area contributed by atoms with Gasteiger partial charge in [0.2, 0.25) is 0 Å². The van der Waals surface area contributed by atoms with Gasteiger partial charge in [-0.25, -0.2) is 10.5 Å². The highest BCUT2D eigenvalue weighted by atomic mass is 16.5. The summed E-state index contributed by atoms with van der Waals surface area (Å²) in [5.41, 5.74) is 8.07. The summed E-state index contributed by atoms with van der Waals surface area (Å²) in [6.45, 7) is 4.98. The smallest absolute Gasteiger partial charge is 0.274 e. The van der Waals surface area contributed by atoms with Gasteiger partial charge in [-0.05, 0) is 46.5 Å². The second kappa shape index (κ2) is 12.5. The Hall–Kier alpha value is -4.24. The van der Waals surface area contributed by atoms with Crippen molar-refractivity contribution in [2.75, 3.05) is 38.7 Å². The SMILES string of the molecule is COc1ccc(CNc2cc(C(=O)NO)cc(-c3ccc(-c4ccc(CN5CCOCC5)cc4)cc3)n2)cc1. The van der Waals surface area contributed by atoms with E-state index in [-0.39, 0.29) is 0 Å². The predicted molar refractivity (Wildman–Crippen MR) is 151 cm³/mol. The molecule has 200 valence electrons. The zero-order chi connectivity index (χ0) is 27.0. The molecule has 0 spiro atoms. The maximum Gasteiger partial charge on any atom is 0.274 e. The Morgan fingerprint density at radius 1 is 0.897 bits per heavy atom. The van der Waals surface area contributed by atoms with Crippen LogP contribution < -0.4 is 15.5 Å². The van der Waals surface area contributed by atoms with Crippen molar-refractivity contribution in [1.29, 1.82) is 0 Å². The van der Waals surface area contributed by atoms with E-state index in [4.69, 9.17) is 14.5 Å². The number of hydrogen-bond donors (Lipinski definition) is 3. The lowest BCUT2D eigenvalue weighted by Crippen LogP contribution is -2.35. The number of morpholine rings is 1. The van der Waals surface area contributed by atoms with Crippen LogP contribution in [0.2, 0.25) is 0 Å². The van der Waals surface area contributed by atoms with Crippen molar-refractivity contribution in [3.63, 3.8) is 0 Å². The molecule has 2 heterocycles. The molecule has 8 nitrogen and oxygen atoms in total. The lowest BCUT2D eigenvalue weighted by molar-refractivity contribution is 0.0342. The van der Waals surface area contributed by atoms with Gasteiger partial charge in [0.05, 0.1) is 26.0 Å². The van der Waals surface area contributed by atoms with Gasteiger partial charge in [0.15, 0.2) is 0 Å². The first-order valence-electron chi connectivity index (χ1n) is 12.9. The van der Waals surface area contributed by atoms with Crippen molar-refractivity contribution >= 4 is 11.7 Å². The first kappa shape index (κ1) is 26.4. The summed E-state index contributed by atoms with van der Waals surface area (Å²) in [6.07, 6.45) is 0. The number of amides is 1. The first-order valence-corrected chi connectivity index (χ1v) is 12.9. The number of hydroxylamine groups is 1. The highest BCUT2D eigenvalue weighted by Gasteiger charge is 2.13. The van der Waals surface area contributed by atoms with E-state index in [2.05, 4.69) is 46.6 Å². The van der Waals surface area contributed by atoms with Crippen LogP contribution in [-0.2, 0) is 17.8 Å². The molecule has 1 aliphatic heterocycles. The van der Waals surface area contributed by atoms with Crippen LogP contribution in [0.1, 0.15) is 21.5 Å². The number of nitrogens with one attached hydrogen (secondary N) is 2. The maximum absolute atomic E-state index is 12.2. The summed E-state index contributed by atoms with van der Waals surface area (Å²) in [7, 11) is 1.63. The Morgan fingerprint density at radius 2 is 1.51 bits per heavy atom. The lowest BCUT2D eigenvalue weighted by Gasteiger charge is -2.26. The van der Waals surface area contributed by atoms with Crippen LogP contribution in [0, 0.1) is 0 Å². The van der Waals surface area contributed by atoms with Crippen molar-refractivity contribution < 1.29 is 19.5 Å². The zero-order valence-corrected chi connectivity index (χ0v) is 21.9.